The second-order valence-corrected chi connectivity index (χ2v) is 5.33. The van der Waals surface area contributed by atoms with Crippen LogP contribution >= 0.6 is 11.6 Å². The Bertz CT molecular complexity index is 1060. The van der Waals surface area contributed by atoms with Crippen molar-refractivity contribution in [3.05, 3.63) is 70.4 Å². The number of carbonyl (C=O) groups excluding carboxylic acids is 1. The quantitative estimate of drug-likeness (QED) is 0.708. The van der Waals surface area contributed by atoms with Crippen molar-refractivity contribution in [1.82, 2.24) is 14.8 Å². The Labute approximate surface area is 149 Å². The molecule has 0 saturated carbocycles. The van der Waals surface area contributed by atoms with Gasteiger partial charge >= 0.3 is 0 Å². The van der Waals surface area contributed by atoms with Crippen LogP contribution in [-0.4, -0.2) is 20.7 Å². The lowest BCUT2D eigenvalue weighted by Gasteiger charge is -2.09. The summed E-state index contributed by atoms with van der Waals surface area (Å²) in [7, 11) is 0. The SMILES string of the molecule is N#Cc1cc(C(=O)Nc2ccc(F)c(F)c2F)n(-c2ncccc2Cl)n1. The molecule has 1 N–H and O–H groups in total. The number of anilines is 1. The molecule has 0 spiro atoms. The van der Waals surface area contributed by atoms with Crippen LogP contribution in [0.25, 0.3) is 5.82 Å². The molecule has 2 aromatic heterocycles. The molecule has 0 bridgehead atoms. The highest BCUT2D eigenvalue weighted by atomic mass is 35.5. The standard InChI is InChI=1S/C16H7ClF3N5O/c17-9-2-1-5-22-15(9)25-12(6-8(7-21)24-25)16(26)23-11-4-3-10(18)13(19)14(11)20/h1-6H,(H,23,26). The first-order chi connectivity index (χ1) is 12.4. The van der Waals surface area contributed by atoms with Gasteiger partial charge in [0.25, 0.3) is 5.91 Å². The van der Waals surface area contributed by atoms with Crippen molar-refractivity contribution in [3.8, 4) is 11.9 Å². The van der Waals surface area contributed by atoms with Crippen molar-refractivity contribution >= 4 is 23.2 Å². The number of aromatic nitrogens is 3. The van der Waals surface area contributed by atoms with E-state index in [4.69, 9.17) is 16.9 Å². The molecule has 0 aliphatic carbocycles. The minimum Gasteiger partial charge on any atom is -0.318 e. The minimum absolute atomic E-state index is 0.0616. The first-order valence-corrected chi connectivity index (χ1v) is 7.36. The Morgan fingerprint density at radius 1 is 1.23 bits per heavy atom. The fourth-order valence-corrected chi connectivity index (χ4v) is 2.30. The monoisotopic (exact) mass is 377 g/mol. The molecule has 0 fully saturated rings. The van der Waals surface area contributed by atoms with Gasteiger partial charge in [0.05, 0.1) is 10.7 Å². The smallest absolute Gasteiger partial charge is 0.274 e. The zero-order valence-corrected chi connectivity index (χ0v) is 13.4. The first kappa shape index (κ1) is 17.4. The van der Waals surface area contributed by atoms with Crippen LogP contribution in [0.5, 0.6) is 0 Å². The van der Waals surface area contributed by atoms with Crippen molar-refractivity contribution in [1.29, 1.82) is 5.26 Å². The lowest BCUT2D eigenvalue weighted by molar-refractivity contribution is 0.101. The number of pyridine rings is 1. The highest BCUT2D eigenvalue weighted by Gasteiger charge is 2.21. The van der Waals surface area contributed by atoms with E-state index in [2.05, 4.69) is 15.4 Å². The lowest BCUT2D eigenvalue weighted by Crippen LogP contribution is -2.18. The number of benzene rings is 1. The van der Waals surface area contributed by atoms with E-state index >= 15 is 0 Å². The zero-order chi connectivity index (χ0) is 18.8. The Hall–Kier alpha value is -3.38. The maximum Gasteiger partial charge on any atom is 0.274 e. The third-order valence-corrected chi connectivity index (χ3v) is 3.57. The second-order valence-electron chi connectivity index (χ2n) is 4.92. The zero-order valence-electron chi connectivity index (χ0n) is 12.7. The van der Waals surface area contributed by atoms with Gasteiger partial charge in [0.2, 0.25) is 0 Å². The largest absolute Gasteiger partial charge is 0.318 e. The number of amides is 1. The van der Waals surface area contributed by atoms with Gasteiger partial charge in [-0.15, -0.1) is 0 Å². The molecule has 0 unspecified atom stereocenters. The number of rotatable bonds is 3. The lowest BCUT2D eigenvalue weighted by atomic mass is 10.2. The summed E-state index contributed by atoms with van der Waals surface area (Å²) in [4.78, 5) is 16.4. The Morgan fingerprint density at radius 2 is 2.00 bits per heavy atom. The van der Waals surface area contributed by atoms with Gasteiger partial charge in [-0.1, -0.05) is 11.6 Å². The molecule has 0 radical (unpaired) electrons. The summed E-state index contributed by atoms with van der Waals surface area (Å²) in [5.74, 6) is -5.53. The van der Waals surface area contributed by atoms with E-state index in [1.54, 1.807) is 12.1 Å². The van der Waals surface area contributed by atoms with Crippen LogP contribution in [0, 0.1) is 28.8 Å². The topological polar surface area (TPSA) is 83.6 Å². The van der Waals surface area contributed by atoms with E-state index in [-0.39, 0.29) is 22.2 Å². The number of hydrogen-bond acceptors (Lipinski definition) is 4. The average Bonchev–Trinajstić information content (AvgIpc) is 3.07. The Balaban J connectivity index is 2.03. The summed E-state index contributed by atoms with van der Waals surface area (Å²) in [6.07, 6.45) is 1.39. The number of hydrogen-bond donors (Lipinski definition) is 1. The number of carbonyl (C=O) groups is 1. The molecule has 3 rings (SSSR count). The molecule has 6 nitrogen and oxygen atoms in total. The predicted molar refractivity (Wildman–Crippen MR) is 85.4 cm³/mol. The Kier molecular flexibility index (Phi) is 4.60. The molecular weight excluding hydrogens is 371 g/mol. The molecule has 26 heavy (non-hydrogen) atoms. The molecule has 1 amide bonds. The van der Waals surface area contributed by atoms with Gasteiger partial charge in [0.1, 0.15) is 11.8 Å². The molecule has 1 aromatic carbocycles. The molecule has 0 aliphatic heterocycles. The van der Waals surface area contributed by atoms with Gasteiger partial charge in [-0.3, -0.25) is 4.79 Å². The normalized spacial score (nSPS) is 10.4. The van der Waals surface area contributed by atoms with Crippen molar-refractivity contribution in [3.63, 3.8) is 0 Å². The molecule has 2 heterocycles. The van der Waals surface area contributed by atoms with Gasteiger partial charge in [-0.2, -0.15) is 10.4 Å². The molecular formula is C16H7ClF3N5O. The number of halogens is 4. The summed E-state index contributed by atoms with van der Waals surface area (Å²) >= 11 is 6.02. The fraction of sp³-hybridized carbons (Fsp3) is 0. The number of nitrogens with one attached hydrogen (secondary N) is 1. The van der Waals surface area contributed by atoms with Crippen LogP contribution in [0.2, 0.25) is 5.02 Å². The van der Waals surface area contributed by atoms with E-state index < -0.39 is 29.0 Å². The number of nitriles is 1. The molecule has 0 atom stereocenters. The first-order valence-electron chi connectivity index (χ1n) is 6.98. The maximum absolute atomic E-state index is 13.8. The van der Waals surface area contributed by atoms with Crippen molar-refractivity contribution < 1.29 is 18.0 Å². The molecule has 10 heteroatoms. The van der Waals surface area contributed by atoms with Crippen LogP contribution in [0.3, 0.4) is 0 Å². The summed E-state index contributed by atoms with van der Waals surface area (Å²) in [5.41, 5.74) is -0.902. The summed E-state index contributed by atoms with van der Waals surface area (Å²) in [6.45, 7) is 0. The van der Waals surface area contributed by atoms with Crippen molar-refractivity contribution in [2.45, 2.75) is 0 Å². The molecule has 3 aromatic rings. The van der Waals surface area contributed by atoms with E-state index in [1.165, 1.54) is 12.3 Å². The summed E-state index contributed by atoms with van der Waals surface area (Å²) in [6, 6.07) is 7.46. The average molecular weight is 378 g/mol. The van der Waals surface area contributed by atoms with E-state index in [0.29, 0.717) is 6.07 Å². The van der Waals surface area contributed by atoms with E-state index in [1.807, 2.05) is 0 Å². The van der Waals surface area contributed by atoms with E-state index in [0.717, 1.165) is 16.8 Å². The van der Waals surface area contributed by atoms with Crippen LogP contribution in [-0.2, 0) is 0 Å². The highest BCUT2D eigenvalue weighted by molar-refractivity contribution is 6.32. The summed E-state index contributed by atoms with van der Waals surface area (Å²) < 4.78 is 41.1. The van der Waals surface area contributed by atoms with Gasteiger partial charge in [0.15, 0.2) is 29.0 Å². The van der Waals surface area contributed by atoms with Crippen molar-refractivity contribution in [2.24, 2.45) is 0 Å². The fourth-order valence-electron chi connectivity index (χ4n) is 2.10. The minimum atomic E-state index is -1.72. The Morgan fingerprint density at radius 3 is 2.69 bits per heavy atom. The van der Waals surface area contributed by atoms with Crippen molar-refractivity contribution in [2.75, 3.05) is 5.32 Å². The van der Waals surface area contributed by atoms with Gasteiger partial charge in [0, 0.05) is 12.3 Å². The molecule has 0 saturated heterocycles. The van der Waals surface area contributed by atoms with Crippen LogP contribution < -0.4 is 5.32 Å². The third-order valence-electron chi connectivity index (χ3n) is 3.28. The van der Waals surface area contributed by atoms with Crippen LogP contribution in [0.4, 0.5) is 18.9 Å². The maximum atomic E-state index is 13.8. The third kappa shape index (κ3) is 3.10. The predicted octanol–water partition coefficient (Wildman–Crippen LogP) is 3.46. The highest BCUT2D eigenvalue weighted by Crippen LogP contribution is 2.22. The summed E-state index contributed by atoms with van der Waals surface area (Å²) in [5, 5.41) is 15.2. The van der Waals surface area contributed by atoms with Crippen LogP contribution in [0.15, 0.2) is 36.5 Å². The molecule has 130 valence electrons. The van der Waals surface area contributed by atoms with Gasteiger partial charge in [-0.25, -0.2) is 22.8 Å². The van der Waals surface area contributed by atoms with Gasteiger partial charge < -0.3 is 5.32 Å². The molecule has 0 aliphatic rings. The van der Waals surface area contributed by atoms with Crippen LogP contribution in [0.1, 0.15) is 16.2 Å². The van der Waals surface area contributed by atoms with E-state index in [9.17, 15) is 18.0 Å². The van der Waals surface area contributed by atoms with Gasteiger partial charge in [-0.05, 0) is 24.3 Å². The second kappa shape index (κ2) is 6.85. The number of nitrogens with zero attached hydrogens (tertiary/aromatic N) is 4.